The Hall–Kier alpha value is -2.70. The van der Waals surface area contributed by atoms with E-state index < -0.39 is 17.5 Å². The second-order valence-corrected chi connectivity index (χ2v) is 4.89. The molecule has 2 aromatic rings. The van der Waals surface area contributed by atoms with Crippen molar-refractivity contribution in [2.45, 2.75) is 27.4 Å². The third kappa shape index (κ3) is 2.69. The number of carbonyl (C=O) groups excluding carboxylic acids is 2. The van der Waals surface area contributed by atoms with E-state index in [0.717, 1.165) is 0 Å². The molecule has 1 aromatic carbocycles. The molecule has 116 valence electrons. The van der Waals surface area contributed by atoms with E-state index in [4.69, 9.17) is 9.47 Å². The quantitative estimate of drug-likeness (QED) is 0.860. The number of carbonyl (C=O) groups is 2. The lowest BCUT2D eigenvalue weighted by Gasteiger charge is -2.12. The van der Waals surface area contributed by atoms with Gasteiger partial charge in [-0.25, -0.2) is 9.89 Å². The number of aryl methyl sites for hydroxylation is 2. The number of hydrogen-bond donors (Lipinski definition) is 1. The van der Waals surface area contributed by atoms with Crippen LogP contribution in [0.1, 0.15) is 34.1 Å². The minimum atomic E-state index is -0.505. The molecule has 0 amide bonds. The molecule has 1 N–H and O–H groups in total. The predicted molar refractivity (Wildman–Crippen MR) is 78.6 cm³/mol. The number of nitrogens with zero attached hydrogens (tertiary/aromatic N) is 1. The van der Waals surface area contributed by atoms with Crippen molar-refractivity contribution < 1.29 is 19.1 Å². The van der Waals surface area contributed by atoms with Crippen LogP contribution in [0.2, 0.25) is 0 Å². The van der Waals surface area contributed by atoms with Crippen molar-refractivity contribution in [1.29, 1.82) is 0 Å². The molecule has 0 bridgehead atoms. The molecule has 0 radical (unpaired) electrons. The summed E-state index contributed by atoms with van der Waals surface area (Å²) in [5, 5.41) is 7.17. The highest BCUT2D eigenvalue weighted by atomic mass is 16.5. The van der Waals surface area contributed by atoms with Gasteiger partial charge in [-0.2, -0.15) is 5.10 Å². The number of aromatic nitrogens is 2. The average molecular weight is 304 g/mol. The molecule has 2 rings (SSSR count). The first-order chi connectivity index (χ1) is 10.4. The maximum absolute atomic E-state index is 12.1. The highest BCUT2D eigenvalue weighted by molar-refractivity contribution is 6.00. The number of aromatic amines is 1. The summed E-state index contributed by atoms with van der Waals surface area (Å²) < 4.78 is 9.70. The molecule has 0 aliphatic heterocycles. The molecule has 0 atom stereocenters. The number of ether oxygens (including phenoxy) is 2. The summed E-state index contributed by atoms with van der Waals surface area (Å²) in [6, 6.07) is 1.68. The lowest BCUT2D eigenvalue weighted by molar-refractivity contribution is -0.142. The van der Waals surface area contributed by atoms with Gasteiger partial charge in [0.1, 0.15) is 12.3 Å². The second kappa shape index (κ2) is 5.97. The van der Waals surface area contributed by atoms with E-state index in [-0.39, 0.29) is 6.61 Å². The Bertz CT molecular complexity index is 823. The number of H-pyrrole nitrogens is 1. The summed E-state index contributed by atoms with van der Waals surface area (Å²) in [4.78, 5) is 34.9. The van der Waals surface area contributed by atoms with Gasteiger partial charge in [0.05, 0.1) is 18.1 Å². The molecule has 0 fully saturated rings. The fourth-order valence-corrected chi connectivity index (χ4v) is 2.43. The van der Waals surface area contributed by atoms with Gasteiger partial charge in [-0.15, -0.1) is 0 Å². The van der Waals surface area contributed by atoms with Gasteiger partial charge in [0, 0.05) is 12.3 Å². The molecule has 1 aromatic heterocycles. The van der Waals surface area contributed by atoms with E-state index in [1.165, 1.54) is 14.0 Å². The van der Waals surface area contributed by atoms with Crippen molar-refractivity contribution in [3.05, 3.63) is 38.8 Å². The zero-order chi connectivity index (χ0) is 16.4. The van der Waals surface area contributed by atoms with Crippen LogP contribution in [0, 0.1) is 13.8 Å². The van der Waals surface area contributed by atoms with Gasteiger partial charge in [0.2, 0.25) is 0 Å². The van der Waals surface area contributed by atoms with E-state index in [2.05, 4.69) is 10.2 Å². The van der Waals surface area contributed by atoms with E-state index >= 15 is 0 Å². The summed E-state index contributed by atoms with van der Waals surface area (Å²) in [6.07, 6.45) is 0. The molecule has 0 aliphatic carbocycles. The Morgan fingerprint density at radius 2 is 2.00 bits per heavy atom. The van der Waals surface area contributed by atoms with E-state index in [0.29, 0.717) is 33.2 Å². The Balaban J connectivity index is 2.75. The molecule has 0 aliphatic rings. The fourth-order valence-electron chi connectivity index (χ4n) is 2.43. The molecule has 22 heavy (non-hydrogen) atoms. The van der Waals surface area contributed by atoms with Crippen LogP contribution in [0.25, 0.3) is 10.8 Å². The smallest absolute Gasteiger partial charge is 0.338 e. The Kier molecular flexibility index (Phi) is 4.25. The van der Waals surface area contributed by atoms with Crippen LogP contribution in [0.15, 0.2) is 10.9 Å². The lowest BCUT2D eigenvalue weighted by atomic mass is 9.96. The first-order valence-corrected chi connectivity index (χ1v) is 6.60. The highest BCUT2D eigenvalue weighted by Gasteiger charge is 2.19. The molecular weight excluding hydrogens is 288 g/mol. The normalized spacial score (nSPS) is 10.5. The van der Waals surface area contributed by atoms with Crippen molar-refractivity contribution in [3.8, 4) is 0 Å². The van der Waals surface area contributed by atoms with Gasteiger partial charge in [0.25, 0.3) is 5.56 Å². The van der Waals surface area contributed by atoms with Crippen LogP contribution >= 0.6 is 0 Å². The lowest BCUT2D eigenvalue weighted by Crippen LogP contribution is -2.16. The average Bonchev–Trinajstić information content (AvgIpc) is 2.45. The first kappa shape index (κ1) is 15.7. The minimum absolute atomic E-state index is 0.0565. The highest BCUT2D eigenvalue weighted by Crippen LogP contribution is 2.25. The topological polar surface area (TPSA) is 98.3 Å². The Morgan fingerprint density at radius 3 is 2.59 bits per heavy atom. The Morgan fingerprint density at radius 1 is 1.32 bits per heavy atom. The number of hydrogen-bond acceptors (Lipinski definition) is 6. The summed E-state index contributed by atoms with van der Waals surface area (Å²) in [5.41, 5.74) is 1.53. The van der Waals surface area contributed by atoms with E-state index in [1.54, 1.807) is 19.9 Å². The molecule has 7 nitrogen and oxygen atoms in total. The summed E-state index contributed by atoms with van der Waals surface area (Å²) >= 11 is 0. The zero-order valence-electron chi connectivity index (χ0n) is 12.8. The van der Waals surface area contributed by atoms with Crippen molar-refractivity contribution in [2.75, 3.05) is 7.11 Å². The molecular formula is C15H16N2O5. The van der Waals surface area contributed by atoms with Crippen LogP contribution in [0.4, 0.5) is 0 Å². The molecule has 0 unspecified atom stereocenters. The van der Waals surface area contributed by atoms with Crippen LogP contribution in [-0.4, -0.2) is 29.2 Å². The zero-order valence-corrected chi connectivity index (χ0v) is 12.8. The van der Waals surface area contributed by atoms with Crippen molar-refractivity contribution >= 4 is 22.7 Å². The summed E-state index contributed by atoms with van der Waals surface area (Å²) in [5.74, 6) is -0.949. The largest absolute Gasteiger partial charge is 0.465 e. The van der Waals surface area contributed by atoms with Crippen LogP contribution < -0.4 is 5.56 Å². The fraction of sp³-hybridized carbons (Fsp3) is 0.333. The van der Waals surface area contributed by atoms with E-state index in [1.807, 2.05) is 0 Å². The minimum Gasteiger partial charge on any atom is -0.465 e. The van der Waals surface area contributed by atoms with Crippen LogP contribution in [0.5, 0.6) is 0 Å². The number of nitrogens with one attached hydrogen (secondary N) is 1. The van der Waals surface area contributed by atoms with Gasteiger partial charge in [-0.3, -0.25) is 9.59 Å². The SMILES string of the molecule is COC(=O)c1c(C)cc2c(COC(C)=O)n[nH]c(=O)c2c1C. The molecule has 1 heterocycles. The number of rotatable bonds is 3. The number of benzene rings is 1. The van der Waals surface area contributed by atoms with Crippen molar-refractivity contribution in [3.63, 3.8) is 0 Å². The van der Waals surface area contributed by atoms with Gasteiger partial charge >= 0.3 is 11.9 Å². The van der Waals surface area contributed by atoms with Gasteiger partial charge in [0.15, 0.2) is 0 Å². The Labute approximate surface area is 126 Å². The summed E-state index contributed by atoms with van der Waals surface area (Å²) in [6.45, 7) is 4.65. The van der Waals surface area contributed by atoms with Gasteiger partial charge in [-0.05, 0) is 31.0 Å². The third-order valence-corrected chi connectivity index (χ3v) is 3.41. The van der Waals surface area contributed by atoms with Crippen molar-refractivity contribution in [2.24, 2.45) is 0 Å². The van der Waals surface area contributed by atoms with Gasteiger partial charge in [-0.1, -0.05) is 0 Å². The van der Waals surface area contributed by atoms with Crippen LogP contribution in [0.3, 0.4) is 0 Å². The first-order valence-electron chi connectivity index (χ1n) is 6.60. The van der Waals surface area contributed by atoms with Crippen LogP contribution in [-0.2, 0) is 20.9 Å². The maximum atomic E-state index is 12.1. The monoisotopic (exact) mass is 304 g/mol. The van der Waals surface area contributed by atoms with E-state index in [9.17, 15) is 14.4 Å². The standard InChI is InChI=1S/C15H16N2O5/c1-7-5-10-11(6-22-9(3)18)16-17-14(19)13(10)8(2)12(7)15(20)21-4/h5H,6H2,1-4H3,(H,17,19). The number of methoxy groups -OCH3 is 1. The molecule has 0 spiro atoms. The number of fused-ring (bicyclic) bond motifs is 1. The third-order valence-electron chi connectivity index (χ3n) is 3.41. The molecule has 0 saturated carbocycles. The summed E-state index contributed by atoms with van der Waals surface area (Å²) in [7, 11) is 1.29. The van der Waals surface area contributed by atoms with Crippen molar-refractivity contribution in [1.82, 2.24) is 10.2 Å². The van der Waals surface area contributed by atoms with Gasteiger partial charge < -0.3 is 9.47 Å². The number of esters is 2. The maximum Gasteiger partial charge on any atom is 0.338 e. The molecule has 7 heteroatoms. The predicted octanol–water partition coefficient (Wildman–Crippen LogP) is 1.39. The molecule has 0 saturated heterocycles. The second-order valence-electron chi connectivity index (χ2n) is 4.89.